The molecular weight excluding hydrogens is 372 g/mol. The number of ether oxygens (including phenoxy) is 1. The fourth-order valence-corrected chi connectivity index (χ4v) is 5.47. The Kier molecular flexibility index (Phi) is 5.31. The molecule has 0 aromatic carbocycles. The van der Waals surface area contributed by atoms with Crippen LogP contribution in [0.4, 0.5) is 5.82 Å². The highest BCUT2D eigenvalue weighted by Gasteiger charge is 2.31. The summed E-state index contributed by atoms with van der Waals surface area (Å²) in [5.74, 6) is 2.02. The van der Waals surface area contributed by atoms with E-state index in [4.69, 9.17) is 14.7 Å². The molecule has 2 aliphatic rings. The van der Waals surface area contributed by atoms with Gasteiger partial charge in [0, 0.05) is 43.6 Å². The molecule has 4 rings (SSSR count). The Morgan fingerprint density at radius 3 is 2.50 bits per heavy atom. The Morgan fingerprint density at radius 2 is 1.82 bits per heavy atom. The Balaban J connectivity index is 1.66. The van der Waals surface area contributed by atoms with Crippen LogP contribution in [0.3, 0.4) is 0 Å². The maximum atomic E-state index is 12.6. The van der Waals surface area contributed by atoms with Crippen molar-refractivity contribution in [1.82, 2.24) is 14.9 Å². The number of nitrogens with zero attached hydrogens (tertiary/aromatic N) is 4. The lowest BCUT2D eigenvalue weighted by atomic mass is 9.94. The van der Waals surface area contributed by atoms with Crippen molar-refractivity contribution in [1.29, 1.82) is 0 Å². The monoisotopic (exact) mass is 402 g/mol. The number of methoxy groups -OCH3 is 1. The van der Waals surface area contributed by atoms with Crippen LogP contribution in [0, 0.1) is 5.41 Å². The SMILES string of the molecule is COCc1nc(N2CCN(C(=O)C(C)(C)C)CC2)c2c3c(sc2n1)CCCC3. The molecule has 0 N–H and O–H groups in total. The molecule has 2 aromatic heterocycles. The molecule has 0 saturated carbocycles. The predicted octanol–water partition coefficient (Wildman–Crippen LogP) is 3.41. The fourth-order valence-electron chi connectivity index (χ4n) is 4.20. The minimum atomic E-state index is -0.331. The standard InChI is InChI=1S/C21H30N4O2S/c1-21(2,3)20(26)25-11-9-24(10-12-25)18-17-14-7-5-6-8-15(14)28-19(17)23-16(22-18)13-27-4/h5-13H2,1-4H3. The van der Waals surface area contributed by atoms with Crippen LogP contribution >= 0.6 is 11.3 Å². The van der Waals surface area contributed by atoms with Gasteiger partial charge >= 0.3 is 0 Å². The lowest BCUT2D eigenvalue weighted by Crippen LogP contribution is -2.52. The van der Waals surface area contributed by atoms with E-state index in [0.29, 0.717) is 6.61 Å². The van der Waals surface area contributed by atoms with Crippen molar-refractivity contribution in [2.75, 3.05) is 38.2 Å². The van der Waals surface area contributed by atoms with Gasteiger partial charge in [0.05, 0.1) is 5.39 Å². The first-order valence-corrected chi connectivity index (χ1v) is 11.0. The average molecular weight is 403 g/mol. The minimum absolute atomic E-state index is 0.230. The summed E-state index contributed by atoms with van der Waals surface area (Å²) in [4.78, 5) is 29.2. The summed E-state index contributed by atoms with van der Waals surface area (Å²) in [6.45, 7) is 9.50. The zero-order valence-corrected chi connectivity index (χ0v) is 18.2. The number of anilines is 1. The Labute approximate surface area is 170 Å². The molecular formula is C21H30N4O2S. The second-order valence-electron chi connectivity index (χ2n) is 8.82. The highest BCUT2D eigenvalue weighted by Crippen LogP contribution is 2.40. The van der Waals surface area contributed by atoms with Gasteiger partial charge in [0.1, 0.15) is 17.3 Å². The van der Waals surface area contributed by atoms with Crippen LogP contribution in [0.1, 0.15) is 49.9 Å². The van der Waals surface area contributed by atoms with Gasteiger partial charge in [-0.2, -0.15) is 0 Å². The van der Waals surface area contributed by atoms with Crippen LogP contribution in [0.2, 0.25) is 0 Å². The van der Waals surface area contributed by atoms with E-state index in [1.54, 1.807) is 7.11 Å². The number of rotatable bonds is 3. The molecule has 0 unspecified atom stereocenters. The van der Waals surface area contributed by atoms with Gasteiger partial charge in [-0.1, -0.05) is 20.8 Å². The number of amides is 1. The van der Waals surface area contributed by atoms with E-state index < -0.39 is 0 Å². The fraction of sp³-hybridized carbons (Fsp3) is 0.667. The summed E-state index contributed by atoms with van der Waals surface area (Å²) < 4.78 is 5.32. The van der Waals surface area contributed by atoms with E-state index in [-0.39, 0.29) is 11.3 Å². The van der Waals surface area contributed by atoms with Gasteiger partial charge in [-0.05, 0) is 31.2 Å². The van der Waals surface area contributed by atoms with Gasteiger partial charge in [-0.25, -0.2) is 9.97 Å². The minimum Gasteiger partial charge on any atom is -0.377 e. The van der Waals surface area contributed by atoms with Crippen molar-refractivity contribution in [3.63, 3.8) is 0 Å². The maximum Gasteiger partial charge on any atom is 0.228 e. The van der Waals surface area contributed by atoms with Crippen LogP contribution in [0.25, 0.3) is 10.2 Å². The van der Waals surface area contributed by atoms with E-state index in [1.165, 1.54) is 28.7 Å². The number of piperazine rings is 1. The van der Waals surface area contributed by atoms with E-state index in [9.17, 15) is 4.79 Å². The average Bonchev–Trinajstić information content (AvgIpc) is 3.05. The molecule has 1 aliphatic carbocycles. The molecule has 0 radical (unpaired) electrons. The molecule has 0 spiro atoms. The quantitative estimate of drug-likeness (QED) is 0.787. The van der Waals surface area contributed by atoms with Crippen LogP contribution in [0.15, 0.2) is 0 Å². The van der Waals surface area contributed by atoms with Crippen molar-refractivity contribution in [3.8, 4) is 0 Å². The number of carbonyl (C=O) groups is 1. The molecule has 0 bridgehead atoms. The molecule has 1 amide bonds. The summed E-state index contributed by atoms with van der Waals surface area (Å²) in [7, 11) is 1.68. The number of thiophene rings is 1. The Hall–Kier alpha value is -1.73. The molecule has 1 fully saturated rings. The zero-order chi connectivity index (χ0) is 19.9. The van der Waals surface area contributed by atoms with Crippen LogP contribution in [0.5, 0.6) is 0 Å². The second kappa shape index (κ2) is 7.59. The molecule has 28 heavy (non-hydrogen) atoms. The third-order valence-corrected chi connectivity index (χ3v) is 6.81. The van der Waals surface area contributed by atoms with E-state index >= 15 is 0 Å². The predicted molar refractivity (Wildman–Crippen MR) is 113 cm³/mol. The van der Waals surface area contributed by atoms with Crippen LogP contribution in [-0.2, 0) is 29.0 Å². The Morgan fingerprint density at radius 1 is 1.11 bits per heavy atom. The highest BCUT2D eigenvalue weighted by molar-refractivity contribution is 7.19. The van der Waals surface area contributed by atoms with Crippen molar-refractivity contribution >= 4 is 33.3 Å². The van der Waals surface area contributed by atoms with Gasteiger partial charge in [0.15, 0.2) is 5.82 Å². The van der Waals surface area contributed by atoms with Crippen molar-refractivity contribution in [2.45, 2.75) is 53.1 Å². The molecule has 3 heterocycles. The first kappa shape index (κ1) is 19.6. The van der Waals surface area contributed by atoms with E-state index in [1.807, 2.05) is 37.0 Å². The summed E-state index contributed by atoms with van der Waals surface area (Å²) in [6, 6.07) is 0. The summed E-state index contributed by atoms with van der Waals surface area (Å²) in [6.07, 6.45) is 4.79. The third kappa shape index (κ3) is 3.62. The second-order valence-corrected chi connectivity index (χ2v) is 9.90. The number of carbonyl (C=O) groups excluding carboxylic acids is 1. The van der Waals surface area contributed by atoms with Gasteiger partial charge in [-0.3, -0.25) is 4.79 Å². The maximum absolute atomic E-state index is 12.6. The molecule has 6 nitrogen and oxygen atoms in total. The molecule has 0 atom stereocenters. The number of aromatic nitrogens is 2. The molecule has 2 aromatic rings. The summed E-state index contributed by atoms with van der Waals surface area (Å²) in [5.41, 5.74) is 1.13. The van der Waals surface area contributed by atoms with Gasteiger partial charge in [0.2, 0.25) is 5.91 Å². The summed E-state index contributed by atoms with van der Waals surface area (Å²) in [5, 5.41) is 1.25. The summed E-state index contributed by atoms with van der Waals surface area (Å²) >= 11 is 1.83. The van der Waals surface area contributed by atoms with Gasteiger partial charge in [-0.15, -0.1) is 11.3 Å². The van der Waals surface area contributed by atoms with Gasteiger partial charge in [0.25, 0.3) is 0 Å². The Bertz CT molecular complexity index is 879. The number of hydrogen-bond acceptors (Lipinski definition) is 6. The molecule has 1 aliphatic heterocycles. The van der Waals surface area contributed by atoms with Crippen molar-refractivity contribution in [3.05, 3.63) is 16.3 Å². The van der Waals surface area contributed by atoms with Crippen LogP contribution in [-0.4, -0.2) is 54.1 Å². The smallest absolute Gasteiger partial charge is 0.228 e. The van der Waals surface area contributed by atoms with Crippen LogP contribution < -0.4 is 4.90 Å². The topological polar surface area (TPSA) is 58.6 Å². The largest absolute Gasteiger partial charge is 0.377 e. The molecule has 7 heteroatoms. The first-order chi connectivity index (χ1) is 13.4. The van der Waals surface area contributed by atoms with E-state index in [2.05, 4.69) is 4.90 Å². The molecule has 1 saturated heterocycles. The highest BCUT2D eigenvalue weighted by atomic mass is 32.1. The number of aryl methyl sites for hydroxylation is 2. The number of hydrogen-bond donors (Lipinski definition) is 0. The van der Waals surface area contributed by atoms with Crippen molar-refractivity contribution in [2.24, 2.45) is 5.41 Å². The van der Waals surface area contributed by atoms with Crippen molar-refractivity contribution < 1.29 is 9.53 Å². The van der Waals surface area contributed by atoms with E-state index in [0.717, 1.165) is 55.5 Å². The van der Waals surface area contributed by atoms with Gasteiger partial charge < -0.3 is 14.5 Å². The zero-order valence-electron chi connectivity index (χ0n) is 17.4. The normalized spacial score (nSPS) is 17.9. The first-order valence-electron chi connectivity index (χ1n) is 10.2. The lowest BCUT2D eigenvalue weighted by Gasteiger charge is -2.38. The molecule has 152 valence electrons. The lowest BCUT2D eigenvalue weighted by molar-refractivity contribution is -0.139. The number of fused-ring (bicyclic) bond motifs is 3. The third-order valence-electron chi connectivity index (χ3n) is 5.62.